The van der Waals surface area contributed by atoms with Gasteiger partial charge in [-0.05, 0) is 37.1 Å². The average molecular weight is 382 g/mol. The fourth-order valence-corrected chi connectivity index (χ4v) is 3.04. The van der Waals surface area contributed by atoms with Crippen LogP contribution in [-0.4, -0.2) is 36.5 Å². The minimum Gasteiger partial charge on any atom is -0.343 e. The summed E-state index contributed by atoms with van der Waals surface area (Å²) in [6, 6.07) is 17.3. The Balaban J connectivity index is 1.86. The van der Waals surface area contributed by atoms with Gasteiger partial charge in [0.2, 0.25) is 5.91 Å². The zero-order chi connectivity index (χ0) is 20.6. The van der Waals surface area contributed by atoms with E-state index >= 15 is 0 Å². The summed E-state index contributed by atoms with van der Waals surface area (Å²) in [7, 11) is 0. The Labute approximate surface area is 168 Å². The largest absolute Gasteiger partial charge is 0.343 e. The van der Waals surface area contributed by atoms with Crippen molar-refractivity contribution < 1.29 is 9.59 Å². The van der Waals surface area contributed by atoms with Crippen molar-refractivity contribution in [2.45, 2.75) is 39.5 Å². The van der Waals surface area contributed by atoms with E-state index in [0.29, 0.717) is 31.7 Å². The quantitative estimate of drug-likeness (QED) is 0.720. The van der Waals surface area contributed by atoms with Gasteiger partial charge in [0.1, 0.15) is 0 Å². The molecule has 0 aliphatic heterocycles. The first-order valence-corrected chi connectivity index (χ1v) is 9.82. The predicted molar refractivity (Wildman–Crippen MR) is 115 cm³/mol. The average Bonchev–Trinajstić information content (AvgIpc) is 2.70. The number of hydrogen-bond acceptors (Lipinski definition) is 2. The topological polar surface area (TPSA) is 61.4 Å². The molecule has 2 aromatic rings. The van der Waals surface area contributed by atoms with Crippen molar-refractivity contribution in [1.82, 2.24) is 10.2 Å². The second-order valence-corrected chi connectivity index (χ2v) is 7.50. The van der Waals surface area contributed by atoms with Crippen LogP contribution in [0.4, 0.5) is 10.5 Å². The number of urea groups is 1. The van der Waals surface area contributed by atoms with Crippen molar-refractivity contribution in [1.29, 1.82) is 0 Å². The molecule has 0 bridgehead atoms. The van der Waals surface area contributed by atoms with Crippen LogP contribution < -0.4 is 10.6 Å². The molecule has 0 radical (unpaired) electrons. The highest BCUT2D eigenvalue weighted by molar-refractivity contribution is 5.89. The number of nitrogens with one attached hydrogen (secondary N) is 2. The maximum Gasteiger partial charge on any atom is 0.319 e. The van der Waals surface area contributed by atoms with Gasteiger partial charge in [-0.15, -0.1) is 0 Å². The monoisotopic (exact) mass is 381 g/mol. The number of benzene rings is 2. The van der Waals surface area contributed by atoms with E-state index in [1.807, 2.05) is 61.2 Å². The molecule has 0 fully saturated rings. The first-order valence-electron chi connectivity index (χ1n) is 9.82. The molecule has 0 aromatic heterocycles. The minimum atomic E-state index is -0.240. The normalized spacial score (nSPS) is 11.0. The second-order valence-electron chi connectivity index (χ2n) is 7.50. The van der Waals surface area contributed by atoms with Gasteiger partial charge < -0.3 is 15.5 Å². The van der Waals surface area contributed by atoms with Gasteiger partial charge in [-0.25, -0.2) is 4.79 Å². The van der Waals surface area contributed by atoms with E-state index in [2.05, 4.69) is 36.6 Å². The van der Waals surface area contributed by atoms with E-state index in [4.69, 9.17) is 0 Å². The van der Waals surface area contributed by atoms with Crippen LogP contribution in [0.5, 0.6) is 0 Å². The third kappa shape index (κ3) is 6.12. The molecule has 0 heterocycles. The van der Waals surface area contributed by atoms with Crippen LogP contribution in [0.1, 0.15) is 38.8 Å². The highest BCUT2D eigenvalue weighted by Gasteiger charge is 2.21. The number of nitrogens with zero attached hydrogens (tertiary/aromatic N) is 1. The maximum absolute atomic E-state index is 12.2. The molecule has 2 aromatic carbocycles. The Morgan fingerprint density at radius 2 is 1.54 bits per heavy atom. The smallest absolute Gasteiger partial charge is 0.319 e. The summed E-state index contributed by atoms with van der Waals surface area (Å²) in [6.45, 7) is 10.1. The first-order chi connectivity index (χ1) is 13.4. The van der Waals surface area contributed by atoms with E-state index in [-0.39, 0.29) is 17.4 Å². The molecule has 0 saturated heterocycles. The van der Waals surface area contributed by atoms with Crippen molar-refractivity contribution in [2.75, 3.05) is 25.0 Å². The van der Waals surface area contributed by atoms with Crippen LogP contribution in [0.15, 0.2) is 54.6 Å². The third-order valence-electron chi connectivity index (χ3n) is 4.93. The lowest BCUT2D eigenvalue weighted by Gasteiger charge is -2.25. The lowest BCUT2D eigenvalue weighted by molar-refractivity contribution is -0.130. The van der Waals surface area contributed by atoms with Gasteiger partial charge in [-0.2, -0.15) is 0 Å². The summed E-state index contributed by atoms with van der Waals surface area (Å²) in [5.41, 5.74) is 2.66. The number of carbonyl (C=O) groups excluding carboxylic acids is 2. The zero-order valence-corrected chi connectivity index (χ0v) is 17.3. The van der Waals surface area contributed by atoms with Crippen molar-refractivity contribution in [3.8, 4) is 0 Å². The number of likely N-dealkylation sites (N-methyl/N-ethyl adjacent to an activating group) is 1. The third-order valence-corrected chi connectivity index (χ3v) is 4.93. The molecule has 0 aliphatic rings. The molecule has 0 spiro atoms. The van der Waals surface area contributed by atoms with Crippen molar-refractivity contribution in [3.63, 3.8) is 0 Å². The van der Waals surface area contributed by atoms with Crippen LogP contribution in [0, 0.1) is 0 Å². The molecule has 3 amide bonds. The molecule has 2 rings (SSSR count). The lowest BCUT2D eigenvalue weighted by atomic mass is 9.85. The molecule has 0 unspecified atom stereocenters. The summed E-state index contributed by atoms with van der Waals surface area (Å²) in [5.74, 6) is 0.117. The van der Waals surface area contributed by atoms with E-state index < -0.39 is 0 Å². The standard InChI is InChI=1S/C23H31N3O2/c1-5-26(6-2)21(27)16-18-12-14-20(15-13-18)25-22(28)24-17-23(3,4)19-10-8-7-9-11-19/h7-15H,5-6,16-17H2,1-4H3,(H2,24,25,28). The lowest BCUT2D eigenvalue weighted by Crippen LogP contribution is -2.38. The molecule has 0 atom stereocenters. The number of hydrogen-bond donors (Lipinski definition) is 2. The van der Waals surface area contributed by atoms with Crippen molar-refractivity contribution >= 4 is 17.6 Å². The highest BCUT2D eigenvalue weighted by atomic mass is 16.2. The van der Waals surface area contributed by atoms with E-state index in [1.165, 1.54) is 5.56 Å². The number of amides is 3. The summed E-state index contributed by atoms with van der Waals surface area (Å²) < 4.78 is 0. The highest BCUT2D eigenvalue weighted by Crippen LogP contribution is 2.21. The first kappa shape index (κ1) is 21.5. The van der Waals surface area contributed by atoms with Gasteiger partial charge in [0, 0.05) is 30.7 Å². The molecule has 5 nitrogen and oxygen atoms in total. The number of carbonyl (C=O) groups is 2. The molecule has 28 heavy (non-hydrogen) atoms. The molecule has 2 N–H and O–H groups in total. The van der Waals surface area contributed by atoms with Gasteiger partial charge in [0.05, 0.1) is 6.42 Å². The minimum absolute atomic E-state index is 0.117. The van der Waals surface area contributed by atoms with Crippen LogP contribution in [0.2, 0.25) is 0 Å². The maximum atomic E-state index is 12.2. The molecular weight excluding hydrogens is 350 g/mol. The van der Waals surface area contributed by atoms with Gasteiger partial charge in [-0.1, -0.05) is 56.3 Å². The van der Waals surface area contributed by atoms with Gasteiger partial charge >= 0.3 is 6.03 Å². The SMILES string of the molecule is CCN(CC)C(=O)Cc1ccc(NC(=O)NCC(C)(C)c2ccccc2)cc1. The van der Waals surface area contributed by atoms with Gasteiger partial charge in [0.15, 0.2) is 0 Å². The van der Waals surface area contributed by atoms with Crippen molar-refractivity contribution in [3.05, 3.63) is 65.7 Å². The van der Waals surface area contributed by atoms with Crippen LogP contribution in [0.3, 0.4) is 0 Å². The van der Waals surface area contributed by atoms with Crippen molar-refractivity contribution in [2.24, 2.45) is 0 Å². The Morgan fingerprint density at radius 1 is 0.929 bits per heavy atom. The summed E-state index contributed by atoms with van der Waals surface area (Å²) in [6.07, 6.45) is 0.374. The van der Waals surface area contributed by atoms with Gasteiger partial charge in [-0.3, -0.25) is 4.79 Å². The predicted octanol–water partition coefficient (Wildman–Crippen LogP) is 4.20. The Kier molecular flexibility index (Phi) is 7.61. The molecular formula is C23H31N3O2. The Bertz CT molecular complexity index is 766. The molecule has 0 aliphatic carbocycles. The number of rotatable bonds is 8. The van der Waals surface area contributed by atoms with E-state index in [9.17, 15) is 9.59 Å². The molecule has 5 heteroatoms. The molecule has 150 valence electrons. The van der Waals surface area contributed by atoms with Crippen LogP contribution >= 0.6 is 0 Å². The summed E-state index contributed by atoms with van der Waals surface area (Å²) in [4.78, 5) is 26.2. The summed E-state index contributed by atoms with van der Waals surface area (Å²) in [5, 5.41) is 5.78. The number of anilines is 1. The second kappa shape index (κ2) is 9.93. The Morgan fingerprint density at radius 3 is 2.11 bits per heavy atom. The molecule has 0 saturated carbocycles. The van der Waals surface area contributed by atoms with E-state index in [0.717, 1.165) is 5.56 Å². The van der Waals surface area contributed by atoms with Crippen LogP contribution in [0.25, 0.3) is 0 Å². The fraction of sp³-hybridized carbons (Fsp3) is 0.391. The fourth-order valence-electron chi connectivity index (χ4n) is 3.04. The van der Waals surface area contributed by atoms with Crippen LogP contribution in [-0.2, 0) is 16.6 Å². The Hall–Kier alpha value is -2.82. The van der Waals surface area contributed by atoms with E-state index in [1.54, 1.807) is 0 Å². The zero-order valence-electron chi connectivity index (χ0n) is 17.3. The summed E-state index contributed by atoms with van der Waals surface area (Å²) >= 11 is 0. The van der Waals surface area contributed by atoms with Gasteiger partial charge in [0.25, 0.3) is 0 Å².